The summed E-state index contributed by atoms with van der Waals surface area (Å²) in [5, 5.41) is 21.3. The van der Waals surface area contributed by atoms with E-state index in [1.165, 1.54) is 24.3 Å². The number of fused-ring (bicyclic) bond motifs is 1. The van der Waals surface area contributed by atoms with Crippen molar-refractivity contribution in [2.75, 3.05) is 10.6 Å². The average Bonchev–Trinajstić information content (AvgIpc) is 2.78. The van der Waals surface area contributed by atoms with Crippen molar-refractivity contribution >= 4 is 28.8 Å². The molecule has 156 valence electrons. The smallest absolute Gasteiger partial charge is 0.339 e. The van der Waals surface area contributed by atoms with Gasteiger partial charge < -0.3 is 10.6 Å². The van der Waals surface area contributed by atoms with Crippen LogP contribution in [0.5, 0.6) is 0 Å². The van der Waals surface area contributed by atoms with Crippen LogP contribution in [0.15, 0.2) is 77.9 Å². The Morgan fingerprint density at radius 2 is 1.84 bits per heavy atom. The Labute approximate surface area is 179 Å². The molecule has 0 bridgehead atoms. The van der Waals surface area contributed by atoms with E-state index < -0.39 is 11.0 Å². The molecule has 3 N–H and O–H groups in total. The second-order valence-corrected chi connectivity index (χ2v) is 7.29. The normalized spacial score (nSPS) is 16.2. The number of benzene rings is 3. The highest BCUT2D eigenvalue weighted by Crippen LogP contribution is 2.33. The van der Waals surface area contributed by atoms with Gasteiger partial charge in [0.25, 0.3) is 5.69 Å². The second kappa shape index (κ2) is 8.66. The maximum absolute atomic E-state index is 12.3. The fraction of sp³-hybridized carbons (Fsp3) is 0.130. The van der Waals surface area contributed by atoms with Gasteiger partial charge in [0.05, 0.1) is 16.7 Å². The molecule has 0 aliphatic carbocycles. The summed E-state index contributed by atoms with van der Waals surface area (Å²) in [5.41, 5.74) is 7.85. The lowest BCUT2D eigenvalue weighted by Crippen LogP contribution is -2.29. The maximum atomic E-state index is 12.3. The highest BCUT2D eigenvalue weighted by Gasteiger charge is 2.24. The molecule has 3 aromatic carbocycles. The van der Waals surface area contributed by atoms with Gasteiger partial charge in [-0.15, -0.1) is 0 Å². The van der Waals surface area contributed by atoms with Crippen molar-refractivity contribution in [3.8, 4) is 0 Å². The Morgan fingerprint density at radius 1 is 1.10 bits per heavy atom. The molecule has 1 atom stereocenters. The number of aryl methyl sites for hydroxylation is 1. The summed E-state index contributed by atoms with van der Waals surface area (Å²) >= 11 is 0. The van der Waals surface area contributed by atoms with Crippen molar-refractivity contribution in [1.29, 1.82) is 0 Å². The summed E-state index contributed by atoms with van der Waals surface area (Å²) in [4.78, 5) is 22.6. The summed E-state index contributed by atoms with van der Waals surface area (Å²) in [6.45, 7) is 2.01. The third-order valence-corrected chi connectivity index (χ3v) is 5.04. The number of hydrogen-bond donors (Lipinski definition) is 3. The maximum Gasteiger partial charge on any atom is 0.339 e. The first-order chi connectivity index (χ1) is 15.0. The molecular formula is C23H21N5O3. The van der Waals surface area contributed by atoms with E-state index in [1.807, 2.05) is 43.3 Å². The molecule has 2 amide bonds. The number of hydrogen-bond acceptors (Lipinski definition) is 5. The molecule has 1 aliphatic heterocycles. The summed E-state index contributed by atoms with van der Waals surface area (Å²) in [5.74, 6) is 0. The quantitative estimate of drug-likeness (QED) is 0.412. The first-order valence-electron chi connectivity index (χ1n) is 9.80. The van der Waals surface area contributed by atoms with Gasteiger partial charge in [-0.2, -0.15) is 5.10 Å². The van der Waals surface area contributed by atoms with E-state index in [4.69, 9.17) is 0 Å². The molecule has 1 unspecified atom stereocenters. The van der Waals surface area contributed by atoms with Crippen molar-refractivity contribution < 1.29 is 9.72 Å². The van der Waals surface area contributed by atoms with Gasteiger partial charge in [-0.3, -0.25) is 10.1 Å². The number of anilines is 2. The van der Waals surface area contributed by atoms with Crippen LogP contribution < -0.4 is 16.1 Å². The summed E-state index contributed by atoms with van der Waals surface area (Å²) < 4.78 is 0. The van der Waals surface area contributed by atoms with Crippen LogP contribution in [0, 0.1) is 17.0 Å². The van der Waals surface area contributed by atoms with Gasteiger partial charge in [0.2, 0.25) is 0 Å². The number of nitro groups is 1. The van der Waals surface area contributed by atoms with Crippen molar-refractivity contribution in [2.24, 2.45) is 5.10 Å². The number of rotatable bonds is 4. The average molecular weight is 415 g/mol. The van der Waals surface area contributed by atoms with Gasteiger partial charge >= 0.3 is 6.03 Å². The van der Waals surface area contributed by atoms with Gasteiger partial charge in [-0.1, -0.05) is 42.0 Å². The molecule has 1 heterocycles. The Morgan fingerprint density at radius 3 is 2.55 bits per heavy atom. The fourth-order valence-electron chi connectivity index (χ4n) is 3.50. The van der Waals surface area contributed by atoms with Gasteiger partial charge in [0.1, 0.15) is 0 Å². The first kappa shape index (κ1) is 20.1. The molecule has 31 heavy (non-hydrogen) atoms. The number of carbonyl (C=O) groups is 1. The molecule has 8 nitrogen and oxygen atoms in total. The number of carbonyl (C=O) groups excluding carboxylic acids is 1. The Hall–Kier alpha value is -4.20. The van der Waals surface area contributed by atoms with Gasteiger partial charge in [-0.25, -0.2) is 10.2 Å². The standard InChI is InChI=1S/C23H21N5O3/c1-15-7-12-20-19(13-15)22(14-21(25-20)16-5-3-2-4-6-16)26-27-23(29)24-17-8-10-18(11-9-17)28(30)31/h2-13,21,25H,14H2,1H3,(H2,24,27,29). The minimum absolute atomic E-state index is 0.0367. The molecule has 0 aromatic heterocycles. The van der Waals surface area contributed by atoms with E-state index in [9.17, 15) is 14.9 Å². The van der Waals surface area contributed by atoms with Gasteiger partial charge in [0.15, 0.2) is 0 Å². The molecule has 0 radical (unpaired) electrons. The van der Waals surface area contributed by atoms with Crippen LogP contribution >= 0.6 is 0 Å². The van der Waals surface area contributed by atoms with Crippen LogP contribution in [-0.4, -0.2) is 16.7 Å². The van der Waals surface area contributed by atoms with E-state index in [2.05, 4.69) is 33.3 Å². The number of hydrazone groups is 1. The zero-order valence-electron chi connectivity index (χ0n) is 16.8. The molecule has 1 aliphatic rings. The molecule has 0 fully saturated rings. The monoisotopic (exact) mass is 415 g/mol. The van der Waals surface area contributed by atoms with Crippen LogP contribution in [0.2, 0.25) is 0 Å². The topological polar surface area (TPSA) is 109 Å². The third kappa shape index (κ3) is 4.69. The van der Waals surface area contributed by atoms with E-state index in [-0.39, 0.29) is 11.7 Å². The number of nitrogens with zero attached hydrogens (tertiary/aromatic N) is 2. The highest BCUT2D eigenvalue weighted by atomic mass is 16.6. The predicted octanol–water partition coefficient (Wildman–Crippen LogP) is 4.99. The highest BCUT2D eigenvalue weighted by molar-refractivity contribution is 6.08. The van der Waals surface area contributed by atoms with Gasteiger partial charge in [-0.05, 0) is 36.8 Å². The Kier molecular flexibility index (Phi) is 5.61. The van der Waals surface area contributed by atoms with Crippen LogP contribution in [0.4, 0.5) is 21.9 Å². The van der Waals surface area contributed by atoms with Gasteiger partial charge in [0, 0.05) is 35.5 Å². The minimum atomic E-state index is -0.523. The number of non-ortho nitro benzene ring substituents is 1. The summed E-state index contributed by atoms with van der Waals surface area (Å²) in [7, 11) is 0. The molecule has 3 aromatic rings. The lowest BCUT2D eigenvalue weighted by molar-refractivity contribution is -0.384. The number of nitrogens with one attached hydrogen (secondary N) is 3. The van der Waals surface area contributed by atoms with Crippen LogP contribution in [0.3, 0.4) is 0 Å². The minimum Gasteiger partial charge on any atom is -0.377 e. The largest absolute Gasteiger partial charge is 0.377 e. The van der Waals surface area contributed by atoms with Crippen molar-refractivity contribution in [1.82, 2.24) is 5.43 Å². The number of nitro benzene ring substituents is 1. The SMILES string of the molecule is Cc1ccc2c(c1)C(=NNC(=O)Nc1ccc([N+](=O)[O-])cc1)CC(c1ccccc1)N2. The Bertz CT molecular complexity index is 1140. The molecule has 0 saturated heterocycles. The molecule has 4 rings (SSSR count). The molecular weight excluding hydrogens is 394 g/mol. The lowest BCUT2D eigenvalue weighted by atomic mass is 9.91. The van der Waals surface area contributed by atoms with Crippen molar-refractivity contribution in [2.45, 2.75) is 19.4 Å². The first-order valence-corrected chi connectivity index (χ1v) is 9.80. The van der Waals surface area contributed by atoms with E-state index in [0.717, 1.165) is 28.1 Å². The second-order valence-electron chi connectivity index (χ2n) is 7.29. The van der Waals surface area contributed by atoms with Crippen LogP contribution in [0.25, 0.3) is 0 Å². The zero-order valence-corrected chi connectivity index (χ0v) is 16.8. The third-order valence-electron chi connectivity index (χ3n) is 5.04. The zero-order chi connectivity index (χ0) is 21.8. The number of urea groups is 1. The molecule has 0 spiro atoms. The molecule has 8 heteroatoms. The van der Waals surface area contributed by atoms with E-state index >= 15 is 0 Å². The van der Waals surface area contributed by atoms with Crippen molar-refractivity contribution in [3.05, 3.63) is 99.6 Å². The Balaban J connectivity index is 1.53. The predicted molar refractivity (Wildman–Crippen MR) is 120 cm³/mol. The van der Waals surface area contributed by atoms with E-state index in [1.54, 1.807) is 0 Å². The van der Waals surface area contributed by atoms with Crippen molar-refractivity contribution in [3.63, 3.8) is 0 Å². The van der Waals surface area contributed by atoms with Crippen LogP contribution in [-0.2, 0) is 0 Å². The number of amides is 2. The summed E-state index contributed by atoms with van der Waals surface area (Å²) in [6, 6.07) is 21.3. The van der Waals surface area contributed by atoms with E-state index in [0.29, 0.717) is 12.1 Å². The lowest BCUT2D eigenvalue weighted by Gasteiger charge is -2.29. The summed E-state index contributed by atoms with van der Waals surface area (Å²) in [6.07, 6.45) is 0.609. The van der Waals surface area contributed by atoms with Crippen LogP contribution in [0.1, 0.15) is 29.2 Å². The molecule has 0 saturated carbocycles. The fourth-order valence-corrected chi connectivity index (χ4v) is 3.50.